The molecule has 0 bridgehead atoms. The number of hydrogen-bond acceptors (Lipinski definition) is 6. The number of halogens is 2. The van der Waals surface area contributed by atoms with Gasteiger partial charge in [-0.15, -0.1) is 10.2 Å². The summed E-state index contributed by atoms with van der Waals surface area (Å²) in [5.74, 6) is -1.63. The zero-order valence-electron chi connectivity index (χ0n) is 14.3. The number of nitriles is 1. The number of nitrogens with one attached hydrogen (secondary N) is 1. The molecule has 0 aliphatic heterocycles. The Labute approximate surface area is 188 Å². The van der Waals surface area contributed by atoms with Gasteiger partial charge in [-0.1, -0.05) is 0 Å². The summed E-state index contributed by atoms with van der Waals surface area (Å²) >= 11 is 6.45. The summed E-state index contributed by atoms with van der Waals surface area (Å²) in [5, 5.41) is 30.4. The van der Waals surface area contributed by atoms with Gasteiger partial charge < -0.3 is 19.8 Å². The molecule has 2 heterocycles. The van der Waals surface area contributed by atoms with Crippen molar-refractivity contribution in [1.29, 1.82) is 5.26 Å². The van der Waals surface area contributed by atoms with Gasteiger partial charge in [0, 0.05) is 26.9 Å². The maximum Gasteiger partial charge on any atom is 1.00 e. The number of carboxylic acids is 1. The average Bonchev–Trinajstić information content (AvgIpc) is 3.13. The van der Waals surface area contributed by atoms with Gasteiger partial charge in [0.05, 0.1) is 17.2 Å². The molecule has 134 valence electrons. The summed E-state index contributed by atoms with van der Waals surface area (Å²) in [6, 6.07) is 9.38. The summed E-state index contributed by atoms with van der Waals surface area (Å²) in [6.07, 6.45) is 3.23. The van der Waals surface area contributed by atoms with E-state index in [2.05, 4.69) is 47.4 Å². The van der Waals surface area contributed by atoms with Crippen molar-refractivity contribution >= 4 is 49.4 Å². The van der Waals surface area contributed by atoms with Crippen LogP contribution in [0.1, 0.15) is 26.4 Å². The van der Waals surface area contributed by atoms with Gasteiger partial charge in [-0.05, 0) is 62.2 Å². The summed E-state index contributed by atoms with van der Waals surface area (Å²) in [7, 11) is 0. The van der Waals surface area contributed by atoms with Gasteiger partial charge in [0.25, 0.3) is 5.91 Å². The van der Waals surface area contributed by atoms with Crippen LogP contribution in [0.25, 0.3) is 5.82 Å². The number of aromatic nitrogens is 3. The summed E-state index contributed by atoms with van der Waals surface area (Å²) in [5.41, 5.74) is 0.341. The number of carboxylic acid groups (broad SMARTS) is 1. The van der Waals surface area contributed by atoms with E-state index in [1.165, 1.54) is 18.2 Å². The number of aromatic carboxylic acids is 1. The Balaban J connectivity index is 0.00000280. The Kier molecular flexibility index (Phi) is 7.16. The van der Waals surface area contributed by atoms with Gasteiger partial charge in [-0.2, -0.15) is 5.26 Å². The van der Waals surface area contributed by atoms with Crippen molar-refractivity contribution in [1.82, 2.24) is 14.8 Å². The maximum atomic E-state index is 12.4. The fourth-order valence-corrected chi connectivity index (χ4v) is 2.88. The van der Waals surface area contributed by atoms with Gasteiger partial charge in [0.2, 0.25) is 0 Å². The van der Waals surface area contributed by atoms with E-state index in [1.807, 2.05) is 6.07 Å². The summed E-state index contributed by atoms with van der Waals surface area (Å²) in [6.45, 7) is 0. The van der Waals surface area contributed by atoms with E-state index < -0.39 is 11.9 Å². The standard InChI is InChI=1S/C17H9Br2N5O3.Li/c18-11-5-10(17(26)27)14(6-12(11)19)21-16(25)13-1-2-15(23-22-13)24-4-3-9(7-20)8-24;/h1-6,8H,(H,21,25)(H,26,27);/q;+1/p-1. The monoisotopic (exact) mass is 495 g/mol. The molecule has 1 N–H and O–H groups in total. The van der Waals surface area contributed by atoms with Crippen molar-refractivity contribution in [2.75, 3.05) is 5.32 Å². The quantitative estimate of drug-likeness (QED) is 0.475. The Morgan fingerprint density at radius 2 is 1.86 bits per heavy atom. The van der Waals surface area contributed by atoms with Crippen molar-refractivity contribution in [3.8, 4) is 11.9 Å². The molecule has 2 aromatic heterocycles. The van der Waals surface area contributed by atoms with Gasteiger partial charge >= 0.3 is 18.9 Å². The van der Waals surface area contributed by atoms with Crippen LogP contribution in [0.3, 0.4) is 0 Å². The normalized spacial score (nSPS) is 9.89. The molecule has 1 aromatic carbocycles. The molecular weight excluding hydrogens is 489 g/mol. The van der Waals surface area contributed by atoms with E-state index in [0.29, 0.717) is 20.3 Å². The van der Waals surface area contributed by atoms with Crippen LogP contribution >= 0.6 is 31.9 Å². The van der Waals surface area contributed by atoms with Gasteiger partial charge in [-0.25, -0.2) is 0 Å². The number of hydrogen-bond donors (Lipinski definition) is 1. The molecule has 0 saturated heterocycles. The minimum absolute atomic E-state index is 0. The fraction of sp³-hybridized carbons (Fsp3) is 0. The largest absolute Gasteiger partial charge is 1.00 e. The second-order valence-electron chi connectivity index (χ2n) is 5.25. The van der Waals surface area contributed by atoms with E-state index in [-0.39, 0.29) is 35.8 Å². The second-order valence-corrected chi connectivity index (χ2v) is 6.96. The third kappa shape index (κ3) is 4.69. The van der Waals surface area contributed by atoms with Crippen molar-refractivity contribution in [3.63, 3.8) is 0 Å². The number of benzene rings is 1. The minimum Gasteiger partial charge on any atom is -0.545 e. The number of amides is 1. The third-order valence-electron chi connectivity index (χ3n) is 3.50. The van der Waals surface area contributed by atoms with Gasteiger partial charge in [0.1, 0.15) is 6.07 Å². The van der Waals surface area contributed by atoms with Crippen molar-refractivity contribution < 1.29 is 33.6 Å². The molecule has 11 heteroatoms. The van der Waals surface area contributed by atoms with E-state index in [0.717, 1.165) is 0 Å². The van der Waals surface area contributed by atoms with Crippen LogP contribution in [0.15, 0.2) is 51.7 Å². The maximum absolute atomic E-state index is 12.4. The van der Waals surface area contributed by atoms with Crippen molar-refractivity contribution in [2.24, 2.45) is 0 Å². The summed E-state index contributed by atoms with van der Waals surface area (Å²) < 4.78 is 2.66. The Bertz CT molecular complexity index is 1090. The number of nitrogens with zero attached hydrogens (tertiary/aromatic N) is 4. The van der Waals surface area contributed by atoms with Gasteiger partial charge in [-0.3, -0.25) is 4.79 Å². The van der Waals surface area contributed by atoms with Crippen LogP contribution < -0.4 is 29.3 Å². The molecular formula is C17H8Br2LiN5O3. The van der Waals surface area contributed by atoms with Crippen LogP contribution in [0.4, 0.5) is 5.69 Å². The van der Waals surface area contributed by atoms with E-state index in [9.17, 15) is 14.7 Å². The second kappa shape index (κ2) is 9.17. The van der Waals surface area contributed by atoms with Crippen molar-refractivity contribution in [2.45, 2.75) is 0 Å². The number of carbonyl (C=O) groups is 2. The SMILES string of the molecule is N#Cc1ccn(-c2ccc(C(=O)Nc3cc(Br)c(Br)cc3C(=O)[O-])nn2)c1.[Li+]. The molecule has 0 radical (unpaired) electrons. The fourth-order valence-electron chi connectivity index (χ4n) is 2.19. The van der Waals surface area contributed by atoms with E-state index in [4.69, 9.17) is 5.26 Å². The van der Waals surface area contributed by atoms with Crippen LogP contribution in [-0.2, 0) is 0 Å². The molecule has 0 aliphatic rings. The first-order valence-corrected chi connectivity index (χ1v) is 8.91. The first-order valence-electron chi connectivity index (χ1n) is 7.33. The van der Waals surface area contributed by atoms with Crippen LogP contribution in [0, 0.1) is 11.3 Å². The predicted molar refractivity (Wildman–Crippen MR) is 100 cm³/mol. The molecule has 1 amide bonds. The Morgan fingerprint density at radius 1 is 1.14 bits per heavy atom. The molecule has 3 rings (SSSR count). The molecule has 3 aromatic rings. The van der Waals surface area contributed by atoms with Gasteiger partial charge in [0.15, 0.2) is 11.5 Å². The zero-order chi connectivity index (χ0) is 19.6. The zero-order valence-corrected chi connectivity index (χ0v) is 17.5. The Hall–Kier alpha value is -2.43. The molecule has 8 nitrogen and oxygen atoms in total. The number of carbonyl (C=O) groups excluding carboxylic acids is 2. The topological polar surface area (TPSA) is 124 Å². The minimum atomic E-state index is -1.43. The molecule has 0 fully saturated rings. The number of anilines is 1. The molecule has 0 spiro atoms. The smallest absolute Gasteiger partial charge is 0.545 e. The first kappa shape index (κ1) is 21.9. The number of rotatable bonds is 4. The predicted octanol–water partition coefficient (Wildman–Crippen LogP) is -0.716. The van der Waals surface area contributed by atoms with E-state index in [1.54, 1.807) is 29.1 Å². The van der Waals surface area contributed by atoms with Crippen LogP contribution in [0.5, 0.6) is 0 Å². The molecule has 28 heavy (non-hydrogen) atoms. The van der Waals surface area contributed by atoms with Crippen molar-refractivity contribution in [3.05, 3.63) is 68.5 Å². The van der Waals surface area contributed by atoms with Crippen LogP contribution in [-0.4, -0.2) is 26.6 Å². The average molecular weight is 497 g/mol. The summed E-state index contributed by atoms with van der Waals surface area (Å²) in [4.78, 5) is 23.7. The molecule has 0 atom stereocenters. The molecule has 0 saturated carbocycles. The van der Waals surface area contributed by atoms with E-state index >= 15 is 0 Å². The molecule has 0 unspecified atom stereocenters. The van der Waals surface area contributed by atoms with Crippen LogP contribution in [0.2, 0.25) is 0 Å². The first-order chi connectivity index (χ1) is 12.9. The Morgan fingerprint density at radius 3 is 2.43 bits per heavy atom. The molecule has 0 aliphatic carbocycles. The third-order valence-corrected chi connectivity index (χ3v) is 5.34.